The van der Waals surface area contributed by atoms with Crippen LogP contribution in [0, 0.1) is 50.2 Å². The quantitative estimate of drug-likeness (QED) is 0.398. The van der Waals surface area contributed by atoms with Gasteiger partial charge in [0.05, 0.1) is 16.9 Å². The number of carboxylic acid groups (broad SMARTS) is 2. The van der Waals surface area contributed by atoms with Crippen molar-refractivity contribution in [1.82, 2.24) is 0 Å². The van der Waals surface area contributed by atoms with Gasteiger partial charge in [0.15, 0.2) is 0 Å². The molecular formula is C30H46O5. The Morgan fingerprint density at radius 2 is 1.49 bits per heavy atom. The maximum atomic E-state index is 12.8. The van der Waals surface area contributed by atoms with Crippen LogP contribution in [-0.4, -0.2) is 33.4 Å². The van der Waals surface area contributed by atoms with Crippen molar-refractivity contribution in [2.45, 2.75) is 112 Å². The molecule has 0 heterocycles. The molecule has 35 heavy (non-hydrogen) atoms. The van der Waals surface area contributed by atoms with E-state index < -0.39 is 28.9 Å². The van der Waals surface area contributed by atoms with E-state index in [0.717, 1.165) is 57.8 Å². The van der Waals surface area contributed by atoms with Crippen LogP contribution >= 0.6 is 0 Å². The van der Waals surface area contributed by atoms with E-state index in [-0.39, 0.29) is 33.5 Å². The molecule has 0 radical (unpaired) electrons. The normalized spacial score (nSPS) is 52.7. The topological polar surface area (TPSA) is 94.8 Å². The first-order chi connectivity index (χ1) is 16.1. The summed E-state index contributed by atoms with van der Waals surface area (Å²) in [6, 6.07) is 0. The predicted octanol–water partition coefficient (Wildman–Crippen LogP) is 6.30. The molecule has 5 rings (SSSR count). The molecule has 0 amide bonds. The van der Waals surface area contributed by atoms with Crippen molar-refractivity contribution in [3.8, 4) is 0 Å². The molecule has 196 valence electrons. The molecule has 5 aliphatic carbocycles. The van der Waals surface area contributed by atoms with Crippen LogP contribution in [0.5, 0.6) is 0 Å². The Hall–Kier alpha value is -1.36. The number of carboxylic acids is 2. The van der Waals surface area contributed by atoms with Gasteiger partial charge < -0.3 is 15.3 Å². The van der Waals surface area contributed by atoms with Gasteiger partial charge in [0.1, 0.15) is 0 Å². The van der Waals surface area contributed by atoms with Crippen LogP contribution in [0.1, 0.15) is 106 Å². The number of rotatable bonds is 2. The zero-order valence-corrected chi connectivity index (χ0v) is 22.6. The third kappa shape index (κ3) is 2.97. The molecule has 0 aromatic rings. The van der Waals surface area contributed by atoms with E-state index >= 15 is 0 Å². The molecule has 0 spiro atoms. The Labute approximate surface area is 210 Å². The molecule has 5 nitrogen and oxygen atoms in total. The maximum absolute atomic E-state index is 12.8. The average molecular weight is 487 g/mol. The summed E-state index contributed by atoms with van der Waals surface area (Å²) in [5, 5.41) is 31.6. The molecule has 0 unspecified atom stereocenters. The monoisotopic (exact) mass is 486 g/mol. The third-order valence-corrected chi connectivity index (χ3v) is 13.2. The summed E-state index contributed by atoms with van der Waals surface area (Å²) < 4.78 is 0. The summed E-state index contributed by atoms with van der Waals surface area (Å²) in [5.74, 6) is -1.10. The molecule has 5 heteroatoms. The number of hydrogen-bond donors (Lipinski definition) is 3. The predicted molar refractivity (Wildman–Crippen MR) is 135 cm³/mol. The van der Waals surface area contributed by atoms with Crippen LogP contribution < -0.4 is 0 Å². The van der Waals surface area contributed by atoms with Crippen LogP contribution in [0.2, 0.25) is 0 Å². The zero-order valence-electron chi connectivity index (χ0n) is 22.6. The summed E-state index contributed by atoms with van der Waals surface area (Å²) in [7, 11) is 0. The molecule has 5 aliphatic rings. The van der Waals surface area contributed by atoms with Crippen molar-refractivity contribution >= 4 is 11.9 Å². The SMILES string of the molecule is CC1(C)CC[C@]2(C(=O)O)CC[C@]3(C)C(=CC[C@H]4[C@@]5(C)CC[C@H](O)[C@@](C)(C(=O)O)[C@@H]5CC[C@@]43C)[C@@H]2C1. The van der Waals surface area contributed by atoms with Gasteiger partial charge >= 0.3 is 11.9 Å². The summed E-state index contributed by atoms with van der Waals surface area (Å²) in [5.41, 5.74) is -0.437. The molecule has 0 aromatic heterocycles. The van der Waals surface area contributed by atoms with Crippen molar-refractivity contribution in [3.63, 3.8) is 0 Å². The number of aliphatic carboxylic acids is 2. The van der Waals surface area contributed by atoms with Crippen LogP contribution in [-0.2, 0) is 9.59 Å². The minimum Gasteiger partial charge on any atom is -0.481 e. The smallest absolute Gasteiger partial charge is 0.312 e. The van der Waals surface area contributed by atoms with E-state index in [1.54, 1.807) is 6.92 Å². The van der Waals surface area contributed by atoms with Crippen LogP contribution in [0.15, 0.2) is 11.6 Å². The molecule has 0 aliphatic heterocycles. The third-order valence-electron chi connectivity index (χ3n) is 13.2. The molecule has 0 saturated heterocycles. The van der Waals surface area contributed by atoms with Gasteiger partial charge in [-0.15, -0.1) is 0 Å². The van der Waals surface area contributed by atoms with Gasteiger partial charge in [0, 0.05) is 0 Å². The Balaban J connectivity index is 1.60. The standard InChI is InChI=1S/C30H46O5/c1-25(2)13-15-30(24(34)35)16-14-27(4)18(19(30)17-25)7-8-20-26(3)11-10-22(31)29(6,23(32)33)21(26)9-12-28(20,27)5/h7,19-22,31H,8-17H2,1-6H3,(H,32,33)(H,34,35)/t19-,20-,21+,22-,26+,27+,28-,29-,30-/m0/s1. The lowest BCUT2D eigenvalue weighted by Crippen LogP contribution is -2.66. The molecule has 0 aromatic carbocycles. The highest BCUT2D eigenvalue weighted by atomic mass is 16.4. The second kappa shape index (κ2) is 7.36. The van der Waals surface area contributed by atoms with E-state index in [2.05, 4.69) is 40.7 Å². The molecule has 3 N–H and O–H groups in total. The summed E-state index contributed by atoms with van der Waals surface area (Å²) in [6.45, 7) is 13.5. The van der Waals surface area contributed by atoms with Crippen molar-refractivity contribution in [1.29, 1.82) is 0 Å². The molecule has 0 bridgehead atoms. The lowest BCUT2D eigenvalue weighted by atomic mass is 9.33. The lowest BCUT2D eigenvalue weighted by molar-refractivity contribution is -0.217. The van der Waals surface area contributed by atoms with Crippen molar-refractivity contribution in [2.24, 2.45) is 50.2 Å². The first-order valence-electron chi connectivity index (χ1n) is 13.9. The summed E-state index contributed by atoms with van der Waals surface area (Å²) >= 11 is 0. The number of fused-ring (bicyclic) bond motifs is 7. The Morgan fingerprint density at radius 1 is 0.829 bits per heavy atom. The molecule has 4 fully saturated rings. The fraction of sp³-hybridized carbons (Fsp3) is 0.867. The van der Waals surface area contributed by atoms with Crippen molar-refractivity contribution in [3.05, 3.63) is 11.6 Å². The second-order valence-electron chi connectivity index (χ2n) is 14.8. The fourth-order valence-corrected chi connectivity index (χ4v) is 10.6. The Morgan fingerprint density at radius 3 is 2.11 bits per heavy atom. The van der Waals surface area contributed by atoms with Crippen molar-refractivity contribution < 1.29 is 24.9 Å². The van der Waals surface area contributed by atoms with Crippen LogP contribution in [0.3, 0.4) is 0 Å². The molecule has 4 saturated carbocycles. The van der Waals surface area contributed by atoms with E-state index in [1.165, 1.54) is 5.57 Å². The highest BCUT2D eigenvalue weighted by Crippen LogP contribution is 2.75. The van der Waals surface area contributed by atoms with E-state index in [0.29, 0.717) is 12.3 Å². The summed E-state index contributed by atoms with van der Waals surface area (Å²) in [4.78, 5) is 25.3. The highest BCUT2D eigenvalue weighted by Gasteiger charge is 2.70. The van der Waals surface area contributed by atoms with Gasteiger partial charge in [-0.3, -0.25) is 9.59 Å². The number of aliphatic hydroxyl groups excluding tert-OH is 1. The van der Waals surface area contributed by atoms with Gasteiger partial charge in [-0.1, -0.05) is 46.3 Å². The van der Waals surface area contributed by atoms with Crippen LogP contribution in [0.4, 0.5) is 0 Å². The summed E-state index contributed by atoms with van der Waals surface area (Å²) in [6.07, 6.45) is 9.97. The first-order valence-corrected chi connectivity index (χ1v) is 13.9. The van der Waals surface area contributed by atoms with E-state index in [4.69, 9.17) is 0 Å². The minimum atomic E-state index is -1.11. The number of allylic oxidation sites excluding steroid dienone is 2. The highest BCUT2D eigenvalue weighted by molar-refractivity contribution is 5.77. The van der Waals surface area contributed by atoms with Gasteiger partial charge in [-0.05, 0) is 111 Å². The van der Waals surface area contributed by atoms with E-state index in [9.17, 15) is 24.9 Å². The lowest BCUT2D eigenvalue weighted by Gasteiger charge is -2.70. The van der Waals surface area contributed by atoms with Gasteiger partial charge in [-0.2, -0.15) is 0 Å². The van der Waals surface area contributed by atoms with Crippen molar-refractivity contribution in [2.75, 3.05) is 0 Å². The van der Waals surface area contributed by atoms with Gasteiger partial charge in [0.2, 0.25) is 0 Å². The largest absolute Gasteiger partial charge is 0.481 e. The maximum Gasteiger partial charge on any atom is 0.312 e. The van der Waals surface area contributed by atoms with Gasteiger partial charge in [0.25, 0.3) is 0 Å². The molecular weight excluding hydrogens is 440 g/mol. The average Bonchev–Trinajstić information content (AvgIpc) is 2.76. The first kappa shape index (κ1) is 25.3. The Bertz CT molecular complexity index is 983. The number of hydrogen-bond acceptors (Lipinski definition) is 3. The van der Waals surface area contributed by atoms with Gasteiger partial charge in [-0.25, -0.2) is 0 Å². The van der Waals surface area contributed by atoms with E-state index in [1.807, 2.05) is 0 Å². The fourth-order valence-electron chi connectivity index (χ4n) is 10.6. The number of aliphatic hydroxyl groups is 1. The molecule has 9 atom stereocenters. The zero-order chi connectivity index (χ0) is 25.8. The second-order valence-corrected chi connectivity index (χ2v) is 14.8. The van der Waals surface area contributed by atoms with Crippen LogP contribution in [0.25, 0.3) is 0 Å². The Kier molecular flexibility index (Phi) is 5.32. The number of carbonyl (C=O) groups is 2. The minimum absolute atomic E-state index is 0.00368.